The molecule has 0 saturated heterocycles. The number of benzene rings is 2. The largest absolute Gasteiger partial charge is 0.393 e. The standard InChI is InChI=1S/C14H12FN3O3/c1-8-7-9(15)5-6-12(8)17-14(19)10-3-2-4-11(16)13(10)18(20)21/h2-7H,16H2,1H3,(H,17,19). The van der Waals surface area contributed by atoms with Gasteiger partial charge in [-0.25, -0.2) is 4.39 Å². The Morgan fingerprint density at radius 1 is 1.33 bits per heavy atom. The maximum Gasteiger partial charge on any atom is 0.304 e. The number of nitrogens with one attached hydrogen (secondary N) is 1. The SMILES string of the molecule is Cc1cc(F)ccc1NC(=O)c1cccc(N)c1[N+](=O)[O-]. The van der Waals surface area contributed by atoms with Crippen LogP contribution in [0.4, 0.5) is 21.5 Å². The van der Waals surface area contributed by atoms with Gasteiger partial charge in [-0.2, -0.15) is 0 Å². The van der Waals surface area contributed by atoms with Crippen LogP contribution >= 0.6 is 0 Å². The van der Waals surface area contributed by atoms with Gasteiger partial charge >= 0.3 is 5.69 Å². The number of amides is 1. The van der Waals surface area contributed by atoms with Crippen molar-refractivity contribution in [3.05, 3.63) is 63.5 Å². The Balaban J connectivity index is 2.37. The predicted octanol–water partition coefficient (Wildman–Crippen LogP) is 2.88. The molecule has 0 aromatic heterocycles. The van der Waals surface area contributed by atoms with Crippen molar-refractivity contribution in [3.63, 3.8) is 0 Å². The van der Waals surface area contributed by atoms with Gasteiger partial charge in [0.15, 0.2) is 0 Å². The first-order valence-corrected chi connectivity index (χ1v) is 6.00. The molecule has 0 bridgehead atoms. The second-order valence-electron chi connectivity index (χ2n) is 4.41. The molecule has 2 aromatic carbocycles. The van der Waals surface area contributed by atoms with E-state index in [1.54, 1.807) is 6.92 Å². The minimum Gasteiger partial charge on any atom is -0.393 e. The number of halogens is 1. The van der Waals surface area contributed by atoms with Crippen LogP contribution in [-0.2, 0) is 0 Å². The van der Waals surface area contributed by atoms with Crippen LogP contribution in [0.1, 0.15) is 15.9 Å². The Kier molecular flexibility index (Phi) is 3.84. The third kappa shape index (κ3) is 2.97. The zero-order valence-electron chi connectivity index (χ0n) is 11.1. The summed E-state index contributed by atoms with van der Waals surface area (Å²) in [6.45, 7) is 1.62. The number of nitrogen functional groups attached to an aromatic ring is 1. The van der Waals surface area contributed by atoms with Gasteiger partial charge in [0.2, 0.25) is 0 Å². The molecule has 7 heteroatoms. The molecule has 0 aliphatic carbocycles. The van der Waals surface area contributed by atoms with E-state index in [4.69, 9.17) is 5.73 Å². The summed E-state index contributed by atoms with van der Waals surface area (Å²) in [6, 6.07) is 7.94. The molecule has 0 aliphatic rings. The second kappa shape index (κ2) is 5.58. The Bertz CT molecular complexity index is 731. The Morgan fingerprint density at radius 2 is 2.05 bits per heavy atom. The summed E-state index contributed by atoms with van der Waals surface area (Å²) in [6.07, 6.45) is 0. The monoisotopic (exact) mass is 289 g/mol. The van der Waals surface area contributed by atoms with Crippen molar-refractivity contribution in [1.82, 2.24) is 0 Å². The van der Waals surface area contributed by atoms with Crippen LogP contribution in [0.2, 0.25) is 0 Å². The minimum atomic E-state index is -0.707. The predicted molar refractivity (Wildman–Crippen MR) is 76.6 cm³/mol. The highest BCUT2D eigenvalue weighted by Crippen LogP contribution is 2.27. The lowest BCUT2D eigenvalue weighted by molar-refractivity contribution is -0.384. The van der Waals surface area contributed by atoms with Crippen molar-refractivity contribution in [2.45, 2.75) is 6.92 Å². The van der Waals surface area contributed by atoms with Crippen LogP contribution < -0.4 is 11.1 Å². The van der Waals surface area contributed by atoms with Crippen molar-refractivity contribution in [3.8, 4) is 0 Å². The fourth-order valence-electron chi connectivity index (χ4n) is 1.91. The number of aryl methyl sites for hydroxylation is 1. The van der Waals surface area contributed by atoms with Gasteiger partial charge in [-0.15, -0.1) is 0 Å². The highest BCUT2D eigenvalue weighted by molar-refractivity contribution is 6.08. The smallest absolute Gasteiger partial charge is 0.304 e. The van der Waals surface area contributed by atoms with Gasteiger partial charge < -0.3 is 11.1 Å². The maximum atomic E-state index is 13.0. The van der Waals surface area contributed by atoms with Crippen LogP contribution in [-0.4, -0.2) is 10.8 Å². The van der Waals surface area contributed by atoms with E-state index in [9.17, 15) is 19.3 Å². The Hall–Kier alpha value is -2.96. The van der Waals surface area contributed by atoms with E-state index in [1.807, 2.05) is 0 Å². The summed E-state index contributed by atoms with van der Waals surface area (Å²) in [4.78, 5) is 22.5. The number of nitrogens with zero attached hydrogens (tertiary/aromatic N) is 1. The lowest BCUT2D eigenvalue weighted by atomic mass is 10.1. The summed E-state index contributed by atoms with van der Waals surface area (Å²) < 4.78 is 13.0. The van der Waals surface area contributed by atoms with Crippen molar-refractivity contribution in [2.24, 2.45) is 0 Å². The molecule has 0 radical (unpaired) electrons. The number of nitro benzene ring substituents is 1. The molecule has 0 atom stereocenters. The van der Waals surface area contributed by atoms with E-state index >= 15 is 0 Å². The molecule has 3 N–H and O–H groups in total. The summed E-state index contributed by atoms with van der Waals surface area (Å²) in [5.41, 5.74) is 5.72. The van der Waals surface area contributed by atoms with E-state index in [0.717, 1.165) is 0 Å². The molecule has 21 heavy (non-hydrogen) atoms. The number of nitrogens with two attached hydrogens (primary N) is 1. The summed E-state index contributed by atoms with van der Waals surface area (Å²) in [5, 5.41) is 13.5. The lowest BCUT2D eigenvalue weighted by Gasteiger charge is -2.09. The molecule has 0 saturated carbocycles. The fraction of sp³-hybridized carbons (Fsp3) is 0.0714. The Labute approximate surface area is 119 Å². The molecular weight excluding hydrogens is 277 g/mol. The number of hydrogen-bond acceptors (Lipinski definition) is 4. The molecule has 0 fully saturated rings. The first kappa shape index (κ1) is 14.4. The minimum absolute atomic E-state index is 0.0940. The first-order valence-electron chi connectivity index (χ1n) is 6.00. The van der Waals surface area contributed by atoms with Crippen molar-refractivity contribution < 1.29 is 14.1 Å². The van der Waals surface area contributed by atoms with Crippen LogP contribution in [0.5, 0.6) is 0 Å². The average molecular weight is 289 g/mol. The topological polar surface area (TPSA) is 98.3 Å². The quantitative estimate of drug-likeness (QED) is 0.515. The summed E-state index contributed by atoms with van der Waals surface area (Å²) in [7, 11) is 0. The Morgan fingerprint density at radius 3 is 2.67 bits per heavy atom. The molecule has 2 aromatic rings. The van der Waals surface area contributed by atoms with E-state index in [1.165, 1.54) is 36.4 Å². The number of anilines is 2. The molecule has 0 unspecified atom stereocenters. The molecular formula is C14H12FN3O3. The number of carbonyl (C=O) groups excluding carboxylic acids is 1. The molecule has 0 aliphatic heterocycles. The number of carbonyl (C=O) groups is 1. The third-order valence-corrected chi connectivity index (χ3v) is 2.93. The van der Waals surface area contributed by atoms with Gasteiger partial charge in [0.05, 0.1) is 4.92 Å². The van der Waals surface area contributed by atoms with Crippen LogP contribution in [0.15, 0.2) is 36.4 Å². The van der Waals surface area contributed by atoms with Crippen molar-refractivity contribution >= 4 is 23.0 Å². The third-order valence-electron chi connectivity index (χ3n) is 2.93. The highest BCUT2D eigenvalue weighted by Gasteiger charge is 2.23. The molecule has 0 heterocycles. The molecule has 2 rings (SSSR count). The molecule has 6 nitrogen and oxygen atoms in total. The van der Waals surface area contributed by atoms with Gasteiger partial charge in [0, 0.05) is 5.69 Å². The van der Waals surface area contributed by atoms with Crippen LogP contribution in [0.3, 0.4) is 0 Å². The van der Waals surface area contributed by atoms with Crippen molar-refractivity contribution in [2.75, 3.05) is 11.1 Å². The fourth-order valence-corrected chi connectivity index (χ4v) is 1.91. The van der Waals surface area contributed by atoms with Gasteiger partial charge in [-0.05, 0) is 42.8 Å². The number of rotatable bonds is 3. The lowest BCUT2D eigenvalue weighted by Crippen LogP contribution is -2.15. The van der Waals surface area contributed by atoms with E-state index in [2.05, 4.69) is 5.32 Å². The summed E-state index contributed by atoms with van der Waals surface area (Å²) in [5.74, 6) is -1.11. The number of hydrogen-bond donors (Lipinski definition) is 2. The maximum absolute atomic E-state index is 13.0. The second-order valence-corrected chi connectivity index (χ2v) is 4.41. The van der Waals surface area contributed by atoms with Crippen LogP contribution in [0.25, 0.3) is 0 Å². The van der Waals surface area contributed by atoms with Gasteiger partial charge in [0.1, 0.15) is 17.1 Å². The van der Waals surface area contributed by atoms with E-state index < -0.39 is 22.3 Å². The van der Waals surface area contributed by atoms with E-state index in [-0.39, 0.29) is 11.3 Å². The normalized spacial score (nSPS) is 10.2. The van der Waals surface area contributed by atoms with Gasteiger partial charge in [0.25, 0.3) is 5.91 Å². The van der Waals surface area contributed by atoms with E-state index in [0.29, 0.717) is 11.3 Å². The number of nitro groups is 1. The summed E-state index contributed by atoms with van der Waals surface area (Å²) >= 11 is 0. The first-order chi connectivity index (χ1) is 9.90. The zero-order chi connectivity index (χ0) is 15.6. The molecule has 1 amide bonds. The number of para-hydroxylation sites is 1. The molecule has 0 spiro atoms. The van der Waals surface area contributed by atoms with Crippen LogP contribution in [0, 0.1) is 22.9 Å². The van der Waals surface area contributed by atoms with Gasteiger partial charge in [-0.1, -0.05) is 6.07 Å². The zero-order valence-corrected chi connectivity index (χ0v) is 11.1. The van der Waals surface area contributed by atoms with Gasteiger partial charge in [-0.3, -0.25) is 14.9 Å². The highest BCUT2D eigenvalue weighted by atomic mass is 19.1. The van der Waals surface area contributed by atoms with Crippen molar-refractivity contribution in [1.29, 1.82) is 0 Å². The molecule has 108 valence electrons. The average Bonchev–Trinajstić information content (AvgIpc) is 2.41.